The molecule has 0 atom stereocenters. The first-order valence-electron chi connectivity index (χ1n) is 5.90. The third kappa shape index (κ3) is 3.08. The highest BCUT2D eigenvalue weighted by Crippen LogP contribution is 2.24. The molecule has 9 nitrogen and oxygen atoms in total. The molecule has 12 heteroatoms. The molecule has 3 rings (SSSR count). The Morgan fingerprint density at radius 2 is 2.32 bits per heavy atom. The third-order valence-corrected chi connectivity index (χ3v) is 5.16. The number of thiazole rings is 1. The summed E-state index contributed by atoms with van der Waals surface area (Å²) in [5.41, 5.74) is 5.37. The Morgan fingerprint density at radius 3 is 3.05 bits per heavy atom. The number of amides is 1. The predicted octanol–water partition coefficient (Wildman–Crippen LogP) is 0.624. The Labute approximate surface area is 135 Å². The van der Waals surface area contributed by atoms with E-state index in [1.807, 2.05) is 0 Å². The number of aryl methyl sites for hydroxylation is 1. The fourth-order valence-electron chi connectivity index (χ4n) is 1.51. The van der Waals surface area contributed by atoms with Crippen molar-refractivity contribution in [1.82, 2.24) is 24.8 Å². The van der Waals surface area contributed by atoms with Gasteiger partial charge in [-0.3, -0.25) is 9.59 Å². The maximum Gasteiger partial charge on any atom is 0.295 e. The number of nitrogens with one attached hydrogen (secondary N) is 1. The standard InChI is InChI=1S/C10H9N7O2S3/c1-4-7(19)13-9-17(16-4)5(2-20-9)12-6(18)3-21-10-15-14-8(11)22-10/h2H,3H2,1H3,(H2,11,14)(H,12,18). The monoisotopic (exact) mass is 355 g/mol. The zero-order valence-electron chi connectivity index (χ0n) is 11.1. The summed E-state index contributed by atoms with van der Waals surface area (Å²) in [4.78, 5) is 27.7. The molecule has 0 saturated heterocycles. The zero-order chi connectivity index (χ0) is 15.7. The molecule has 1 amide bonds. The van der Waals surface area contributed by atoms with Crippen LogP contribution in [-0.4, -0.2) is 36.5 Å². The summed E-state index contributed by atoms with van der Waals surface area (Å²) in [7, 11) is 0. The van der Waals surface area contributed by atoms with Crippen LogP contribution < -0.4 is 16.6 Å². The number of anilines is 2. The summed E-state index contributed by atoms with van der Waals surface area (Å²) in [6.07, 6.45) is 0. The van der Waals surface area contributed by atoms with Crippen molar-refractivity contribution in [3.63, 3.8) is 0 Å². The Hall–Kier alpha value is -2.05. The van der Waals surface area contributed by atoms with Crippen LogP contribution in [0.3, 0.4) is 0 Å². The lowest BCUT2D eigenvalue weighted by Crippen LogP contribution is -2.19. The normalized spacial score (nSPS) is 11.0. The van der Waals surface area contributed by atoms with Crippen LogP contribution in [-0.2, 0) is 4.79 Å². The highest BCUT2D eigenvalue weighted by atomic mass is 32.2. The van der Waals surface area contributed by atoms with Gasteiger partial charge in [0.1, 0.15) is 11.5 Å². The number of hydrogen-bond donors (Lipinski definition) is 2. The molecule has 0 aromatic carbocycles. The molecule has 114 valence electrons. The molecular weight excluding hydrogens is 346 g/mol. The highest BCUT2D eigenvalue weighted by molar-refractivity contribution is 8.01. The Morgan fingerprint density at radius 1 is 1.50 bits per heavy atom. The molecular formula is C10H9N7O2S3. The van der Waals surface area contributed by atoms with Gasteiger partial charge in [0.2, 0.25) is 16.0 Å². The average molecular weight is 355 g/mol. The number of thioether (sulfide) groups is 1. The number of nitrogen functional groups attached to an aromatic ring is 1. The Balaban J connectivity index is 1.71. The van der Waals surface area contributed by atoms with Crippen LogP contribution >= 0.6 is 34.4 Å². The van der Waals surface area contributed by atoms with E-state index in [0.717, 1.165) is 0 Å². The number of carbonyl (C=O) groups is 1. The minimum atomic E-state index is -0.371. The molecule has 0 saturated carbocycles. The molecule has 0 bridgehead atoms. The summed E-state index contributed by atoms with van der Waals surface area (Å²) in [6, 6.07) is 0. The zero-order valence-corrected chi connectivity index (χ0v) is 13.6. The third-order valence-electron chi connectivity index (χ3n) is 2.46. The lowest BCUT2D eigenvalue weighted by Gasteiger charge is -2.03. The van der Waals surface area contributed by atoms with Crippen molar-refractivity contribution in [3.8, 4) is 0 Å². The quantitative estimate of drug-likeness (QED) is 0.652. The number of hydrogen-bond acceptors (Lipinski definition) is 10. The van der Waals surface area contributed by atoms with Crippen LogP contribution in [0.15, 0.2) is 14.5 Å². The van der Waals surface area contributed by atoms with Crippen LogP contribution in [0.1, 0.15) is 5.69 Å². The summed E-state index contributed by atoms with van der Waals surface area (Å²) >= 11 is 3.69. The number of carbonyl (C=O) groups excluding carboxylic acids is 1. The molecule has 3 aromatic rings. The van der Waals surface area contributed by atoms with Gasteiger partial charge in [-0.05, 0) is 6.92 Å². The van der Waals surface area contributed by atoms with Gasteiger partial charge in [0, 0.05) is 5.38 Å². The van der Waals surface area contributed by atoms with Crippen molar-refractivity contribution in [1.29, 1.82) is 0 Å². The maximum absolute atomic E-state index is 12.0. The van der Waals surface area contributed by atoms with Crippen LogP contribution in [0.2, 0.25) is 0 Å². The van der Waals surface area contributed by atoms with Gasteiger partial charge in [-0.1, -0.05) is 23.1 Å². The number of fused-ring (bicyclic) bond motifs is 1. The van der Waals surface area contributed by atoms with Gasteiger partial charge >= 0.3 is 0 Å². The second kappa shape index (κ2) is 5.98. The minimum absolute atomic E-state index is 0.165. The number of aromatic nitrogens is 5. The molecule has 0 spiro atoms. The van der Waals surface area contributed by atoms with Crippen LogP contribution in [0.5, 0.6) is 0 Å². The largest absolute Gasteiger partial charge is 0.374 e. The second-order valence-corrected chi connectivity index (χ2v) is 7.13. The van der Waals surface area contributed by atoms with E-state index in [-0.39, 0.29) is 22.9 Å². The first kappa shape index (κ1) is 14.9. The van der Waals surface area contributed by atoms with Gasteiger partial charge in [0.15, 0.2) is 4.34 Å². The summed E-state index contributed by atoms with van der Waals surface area (Å²) in [5.74, 6) is 0.410. The van der Waals surface area contributed by atoms with Gasteiger partial charge in [-0.2, -0.15) is 14.6 Å². The van der Waals surface area contributed by atoms with Crippen LogP contribution in [0.25, 0.3) is 4.96 Å². The van der Waals surface area contributed by atoms with Crippen LogP contribution in [0, 0.1) is 6.92 Å². The molecule has 0 fully saturated rings. The minimum Gasteiger partial charge on any atom is -0.374 e. The number of nitrogens with zero attached hydrogens (tertiary/aromatic N) is 5. The van der Waals surface area contributed by atoms with Crippen molar-refractivity contribution in [3.05, 3.63) is 21.4 Å². The second-order valence-electron chi connectivity index (χ2n) is 4.06. The van der Waals surface area contributed by atoms with Crippen LogP contribution in [0.4, 0.5) is 10.9 Å². The van der Waals surface area contributed by atoms with Gasteiger partial charge < -0.3 is 11.1 Å². The topological polar surface area (TPSA) is 128 Å². The first-order chi connectivity index (χ1) is 10.5. The molecule has 0 aliphatic rings. The molecule has 0 unspecified atom stereocenters. The molecule has 3 heterocycles. The molecule has 22 heavy (non-hydrogen) atoms. The average Bonchev–Trinajstić information content (AvgIpc) is 3.05. The van der Waals surface area contributed by atoms with Crippen molar-refractivity contribution < 1.29 is 4.79 Å². The van der Waals surface area contributed by atoms with Crippen molar-refractivity contribution in [2.75, 3.05) is 16.8 Å². The fourth-order valence-corrected chi connectivity index (χ4v) is 3.70. The van der Waals surface area contributed by atoms with E-state index in [1.165, 1.54) is 39.0 Å². The first-order valence-corrected chi connectivity index (χ1v) is 8.58. The Bertz CT molecular complexity index is 899. The van der Waals surface area contributed by atoms with Gasteiger partial charge in [0.25, 0.3) is 5.56 Å². The van der Waals surface area contributed by atoms with Crippen molar-refractivity contribution >= 4 is 56.3 Å². The predicted molar refractivity (Wildman–Crippen MR) is 85.5 cm³/mol. The van der Waals surface area contributed by atoms with E-state index in [2.05, 4.69) is 25.6 Å². The SMILES string of the molecule is Cc1nn2c(NC(=O)CSc3nnc(N)s3)csc2nc1=O. The highest BCUT2D eigenvalue weighted by Gasteiger charge is 2.12. The Kier molecular flexibility index (Phi) is 4.04. The molecule has 0 aliphatic carbocycles. The lowest BCUT2D eigenvalue weighted by molar-refractivity contribution is -0.113. The van der Waals surface area contributed by atoms with E-state index in [9.17, 15) is 9.59 Å². The molecule has 3 N–H and O–H groups in total. The van der Waals surface area contributed by atoms with Crippen molar-refractivity contribution in [2.24, 2.45) is 0 Å². The van der Waals surface area contributed by atoms with Gasteiger partial charge in [0.05, 0.1) is 5.75 Å². The van der Waals surface area contributed by atoms with Crippen molar-refractivity contribution in [2.45, 2.75) is 11.3 Å². The summed E-state index contributed by atoms with van der Waals surface area (Å²) in [6.45, 7) is 1.57. The summed E-state index contributed by atoms with van der Waals surface area (Å²) in [5, 5.41) is 16.4. The van der Waals surface area contributed by atoms with E-state index in [4.69, 9.17) is 5.73 Å². The maximum atomic E-state index is 12.0. The van der Waals surface area contributed by atoms with E-state index in [1.54, 1.807) is 12.3 Å². The van der Waals surface area contributed by atoms with Gasteiger partial charge in [-0.15, -0.1) is 21.5 Å². The van der Waals surface area contributed by atoms with E-state index in [0.29, 0.717) is 20.2 Å². The van der Waals surface area contributed by atoms with E-state index >= 15 is 0 Å². The number of rotatable bonds is 4. The molecule has 0 radical (unpaired) electrons. The summed E-state index contributed by atoms with van der Waals surface area (Å²) < 4.78 is 2.06. The smallest absolute Gasteiger partial charge is 0.295 e. The van der Waals surface area contributed by atoms with E-state index < -0.39 is 0 Å². The number of nitrogens with two attached hydrogens (primary N) is 1. The van der Waals surface area contributed by atoms with Gasteiger partial charge in [-0.25, -0.2) is 0 Å². The lowest BCUT2D eigenvalue weighted by atomic mass is 10.5. The molecule has 3 aromatic heterocycles. The molecule has 0 aliphatic heterocycles. The fraction of sp³-hybridized carbons (Fsp3) is 0.200.